The van der Waals surface area contributed by atoms with Crippen LogP contribution in [-0.2, 0) is 0 Å². The Kier molecular flexibility index (Phi) is 1.88. The molecule has 1 aromatic heterocycles. The van der Waals surface area contributed by atoms with Crippen molar-refractivity contribution in [1.29, 1.82) is 0 Å². The number of hydrogen-bond acceptors (Lipinski definition) is 1. The normalized spacial score (nSPS) is 24.3. The number of hydrogen-bond donors (Lipinski definition) is 1. The highest BCUT2D eigenvalue weighted by molar-refractivity contribution is 5.76. The lowest BCUT2D eigenvalue weighted by Crippen LogP contribution is -1.99. The second-order valence-corrected chi connectivity index (χ2v) is 4.21. The molecule has 1 unspecified atom stereocenters. The van der Waals surface area contributed by atoms with E-state index in [1.54, 1.807) is 0 Å². The van der Waals surface area contributed by atoms with E-state index in [1.165, 1.54) is 29.6 Å². The molecule has 15 heavy (non-hydrogen) atoms. The van der Waals surface area contributed by atoms with E-state index in [1.807, 2.05) is 12.3 Å². The van der Waals surface area contributed by atoms with Crippen LogP contribution in [0, 0.1) is 5.92 Å². The van der Waals surface area contributed by atoms with Crippen LogP contribution in [-0.4, -0.2) is 10.2 Å². The summed E-state index contributed by atoms with van der Waals surface area (Å²) in [5.41, 5.74) is 5.54. The fourth-order valence-corrected chi connectivity index (χ4v) is 2.49. The maximum absolute atomic E-state index is 4.02. The van der Waals surface area contributed by atoms with Crippen LogP contribution in [0.1, 0.15) is 25.5 Å². The van der Waals surface area contributed by atoms with Crippen LogP contribution in [0.5, 0.6) is 0 Å². The predicted octanol–water partition coefficient (Wildman–Crippen LogP) is 3.09. The van der Waals surface area contributed by atoms with Crippen LogP contribution < -0.4 is 0 Å². The fourth-order valence-electron chi connectivity index (χ4n) is 2.49. The molecular weight excluding hydrogens is 184 g/mol. The van der Waals surface area contributed by atoms with Crippen molar-refractivity contribution in [2.45, 2.75) is 19.8 Å². The SMILES string of the molecule is CC1C(c2ccn[nH]2)=CC2=C1C=CCC2. The molecular formula is C13H14N2. The Morgan fingerprint density at radius 1 is 1.47 bits per heavy atom. The highest BCUT2D eigenvalue weighted by atomic mass is 15.1. The van der Waals surface area contributed by atoms with Gasteiger partial charge >= 0.3 is 0 Å². The first-order valence-electron chi connectivity index (χ1n) is 5.47. The number of nitrogens with zero attached hydrogens (tertiary/aromatic N) is 1. The number of aromatic nitrogens is 2. The fraction of sp³-hybridized carbons (Fsp3) is 0.308. The van der Waals surface area contributed by atoms with Crippen molar-refractivity contribution in [3.63, 3.8) is 0 Å². The Morgan fingerprint density at radius 2 is 2.40 bits per heavy atom. The smallest absolute Gasteiger partial charge is 0.0615 e. The lowest BCUT2D eigenvalue weighted by atomic mass is 9.92. The van der Waals surface area contributed by atoms with Gasteiger partial charge in [0.1, 0.15) is 0 Å². The molecule has 1 N–H and O–H groups in total. The van der Waals surface area contributed by atoms with E-state index < -0.39 is 0 Å². The topological polar surface area (TPSA) is 28.7 Å². The summed E-state index contributed by atoms with van der Waals surface area (Å²) in [4.78, 5) is 0. The largest absolute Gasteiger partial charge is 0.278 e. The third kappa shape index (κ3) is 1.29. The van der Waals surface area contributed by atoms with Crippen LogP contribution in [0.25, 0.3) is 5.57 Å². The third-order valence-electron chi connectivity index (χ3n) is 3.32. The molecule has 0 spiro atoms. The molecule has 1 heterocycles. The van der Waals surface area contributed by atoms with Gasteiger partial charge in [0.25, 0.3) is 0 Å². The number of allylic oxidation sites excluding steroid dienone is 6. The molecule has 0 aliphatic heterocycles. The first kappa shape index (κ1) is 8.72. The average molecular weight is 198 g/mol. The maximum atomic E-state index is 4.02. The van der Waals surface area contributed by atoms with Crippen LogP contribution >= 0.6 is 0 Å². The van der Waals surface area contributed by atoms with Crippen LogP contribution in [0.4, 0.5) is 0 Å². The van der Waals surface area contributed by atoms with Gasteiger partial charge in [-0.05, 0) is 35.6 Å². The molecule has 2 nitrogen and oxygen atoms in total. The Bertz CT molecular complexity index is 461. The van der Waals surface area contributed by atoms with Gasteiger partial charge in [0.2, 0.25) is 0 Å². The van der Waals surface area contributed by atoms with Gasteiger partial charge in [-0.25, -0.2) is 0 Å². The molecule has 1 atom stereocenters. The zero-order valence-electron chi connectivity index (χ0n) is 8.83. The molecule has 0 amide bonds. The molecule has 0 saturated heterocycles. The van der Waals surface area contributed by atoms with E-state index >= 15 is 0 Å². The summed E-state index contributed by atoms with van der Waals surface area (Å²) in [5, 5.41) is 7.07. The first-order valence-corrected chi connectivity index (χ1v) is 5.47. The van der Waals surface area contributed by atoms with Gasteiger partial charge in [-0.1, -0.05) is 25.2 Å². The summed E-state index contributed by atoms with van der Waals surface area (Å²) in [6, 6.07) is 2.05. The van der Waals surface area contributed by atoms with Gasteiger partial charge in [-0.2, -0.15) is 5.10 Å². The highest BCUT2D eigenvalue weighted by Crippen LogP contribution is 2.40. The number of nitrogens with one attached hydrogen (secondary N) is 1. The molecule has 0 saturated carbocycles. The van der Waals surface area contributed by atoms with Crippen molar-refractivity contribution < 1.29 is 0 Å². The zero-order valence-corrected chi connectivity index (χ0v) is 8.83. The third-order valence-corrected chi connectivity index (χ3v) is 3.32. The van der Waals surface area contributed by atoms with Crippen LogP contribution in [0.3, 0.4) is 0 Å². The molecule has 2 aliphatic rings. The molecule has 0 radical (unpaired) electrons. The summed E-state index contributed by atoms with van der Waals surface area (Å²) in [7, 11) is 0. The zero-order chi connectivity index (χ0) is 10.3. The van der Waals surface area contributed by atoms with E-state index in [0.717, 1.165) is 5.69 Å². The van der Waals surface area contributed by atoms with E-state index in [9.17, 15) is 0 Å². The monoisotopic (exact) mass is 198 g/mol. The van der Waals surface area contributed by atoms with Crippen molar-refractivity contribution in [2.75, 3.05) is 0 Å². The average Bonchev–Trinajstić information content (AvgIpc) is 2.87. The summed E-state index contributed by atoms with van der Waals surface area (Å²) in [5.74, 6) is 0.511. The minimum absolute atomic E-state index is 0.511. The molecule has 0 bridgehead atoms. The molecule has 0 fully saturated rings. The van der Waals surface area contributed by atoms with E-state index in [-0.39, 0.29) is 0 Å². The minimum atomic E-state index is 0.511. The molecule has 76 valence electrons. The Labute approximate surface area is 89.4 Å². The second kappa shape index (κ2) is 3.23. The van der Waals surface area contributed by atoms with Gasteiger partial charge in [0.05, 0.1) is 5.69 Å². The van der Waals surface area contributed by atoms with Crippen molar-refractivity contribution in [1.82, 2.24) is 10.2 Å². The van der Waals surface area contributed by atoms with Gasteiger partial charge in [-0.15, -0.1) is 0 Å². The first-order chi connectivity index (χ1) is 7.36. The van der Waals surface area contributed by atoms with Crippen molar-refractivity contribution in [2.24, 2.45) is 5.92 Å². The maximum Gasteiger partial charge on any atom is 0.0615 e. The number of H-pyrrole nitrogens is 1. The summed E-state index contributed by atoms with van der Waals surface area (Å²) < 4.78 is 0. The lowest BCUT2D eigenvalue weighted by Gasteiger charge is -2.13. The van der Waals surface area contributed by atoms with E-state index in [2.05, 4.69) is 35.3 Å². The van der Waals surface area contributed by atoms with Crippen molar-refractivity contribution in [3.8, 4) is 0 Å². The van der Waals surface area contributed by atoms with Gasteiger partial charge in [0.15, 0.2) is 0 Å². The summed E-state index contributed by atoms with van der Waals surface area (Å²) >= 11 is 0. The lowest BCUT2D eigenvalue weighted by molar-refractivity contribution is 0.876. The number of aromatic amines is 1. The predicted molar refractivity (Wildman–Crippen MR) is 61.1 cm³/mol. The standard InChI is InChI=1S/C13H14N2/c1-9-11-5-3-2-4-10(11)8-12(9)13-6-7-14-15-13/h3,5-9H,2,4H2,1H3,(H,14,15). The van der Waals surface area contributed by atoms with E-state index in [0.29, 0.717) is 5.92 Å². The Morgan fingerprint density at radius 3 is 3.13 bits per heavy atom. The van der Waals surface area contributed by atoms with Gasteiger partial charge in [-0.3, -0.25) is 5.10 Å². The minimum Gasteiger partial charge on any atom is -0.278 e. The Balaban J connectivity index is 2.00. The second-order valence-electron chi connectivity index (χ2n) is 4.21. The van der Waals surface area contributed by atoms with Crippen LogP contribution in [0.2, 0.25) is 0 Å². The van der Waals surface area contributed by atoms with Gasteiger partial charge in [0, 0.05) is 12.1 Å². The summed E-state index contributed by atoms with van der Waals surface area (Å²) in [6.45, 7) is 2.27. The quantitative estimate of drug-likeness (QED) is 0.738. The Hall–Kier alpha value is -1.57. The van der Waals surface area contributed by atoms with Crippen LogP contribution in [0.15, 0.2) is 41.6 Å². The van der Waals surface area contributed by atoms with Crippen molar-refractivity contribution in [3.05, 3.63) is 47.3 Å². The van der Waals surface area contributed by atoms with Gasteiger partial charge < -0.3 is 0 Å². The molecule has 0 aromatic carbocycles. The number of rotatable bonds is 1. The molecule has 2 aliphatic carbocycles. The highest BCUT2D eigenvalue weighted by Gasteiger charge is 2.24. The van der Waals surface area contributed by atoms with E-state index in [4.69, 9.17) is 0 Å². The van der Waals surface area contributed by atoms with Crippen molar-refractivity contribution >= 4 is 5.57 Å². The summed E-state index contributed by atoms with van der Waals surface area (Å²) in [6.07, 6.45) is 11.1. The molecule has 2 heteroatoms. The molecule has 3 rings (SSSR count). The molecule has 1 aromatic rings.